The highest BCUT2D eigenvalue weighted by Crippen LogP contribution is 2.20. The Hall–Kier alpha value is -0.350. The molecule has 1 rings (SSSR count). The van der Waals surface area contributed by atoms with Crippen molar-refractivity contribution in [3.05, 3.63) is 45.6 Å². The van der Waals surface area contributed by atoms with Crippen molar-refractivity contribution in [2.45, 2.75) is 19.4 Å². The number of hydrogen-bond acceptors (Lipinski definition) is 1. The van der Waals surface area contributed by atoms with Gasteiger partial charge in [0.15, 0.2) is 0 Å². The average molecular weight is 301 g/mol. The fraction of sp³-hybridized carbons (Fsp3) is 0.333. The normalized spacial score (nSPS) is 12.5. The summed E-state index contributed by atoms with van der Waals surface area (Å²) in [7, 11) is 1.99. The van der Waals surface area contributed by atoms with Gasteiger partial charge in [0.2, 0.25) is 0 Å². The van der Waals surface area contributed by atoms with Crippen LogP contribution in [0.4, 0.5) is 0 Å². The van der Waals surface area contributed by atoms with Gasteiger partial charge in [-0.25, -0.2) is 0 Å². The predicted molar refractivity (Wildman–Crippen MR) is 70.4 cm³/mol. The third-order valence-electron chi connectivity index (χ3n) is 2.17. The summed E-state index contributed by atoms with van der Waals surface area (Å²) < 4.78 is 1.27. The number of rotatable bonds is 4. The van der Waals surface area contributed by atoms with Crippen molar-refractivity contribution in [3.63, 3.8) is 0 Å². The standard InChI is InChI=1S/C12H16IN/c1-9(2)8-12(14-3)10-4-6-11(13)7-5-10/h4-7,12,14H,1,8H2,2-3H3. The van der Waals surface area contributed by atoms with Crippen LogP contribution in [0.5, 0.6) is 0 Å². The van der Waals surface area contributed by atoms with Crippen LogP contribution in [0.2, 0.25) is 0 Å². The molecule has 0 aromatic heterocycles. The summed E-state index contributed by atoms with van der Waals surface area (Å²) in [5, 5.41) is 3.31. The lowest BCUT2D eigenvalue weighted by Gasteiger charge is -2.16. The number of halogens is 1. The molecule has 0 saturated carbocycles. The Morgan fingerprint density at radius 3 is 2.43 bits per heavy atom. The zero-order chi connectivity index (χ0) is 10.6. The van der Waals surface area contributed by atoms with E-state index in [1.54, 1.807) is 0 Å². The van der Waals surface area contributed by atoms with E-state index in [-0.39, 0.29) is 0 Å². The molecule has 1 aromatic carbocycles. The molecule has 76 valence electrons. The lowest BCUT2D eigenvalue weighted by molar-refractivity contribution is 0.590. The molecule has 14 heavy (non-hydrogen) atoms. The van der Waals surface area contributed by atoms with Gasteiger partial charge in [-0.05, 0) is 60.7 Å². The van der Waals surface area contributed by atoms with E-state index in [9.17, 15) is 0 Å². The lowest BCUT2D eigenvalue weighted by Crippen LogP contribution is -2.16. The average Bonchev–Trinajstić information content (AvgIpc) is 2.15. The van der Waals surface area contributed by atoms with Crippen LogP contribution in [0, 0.1) is 3.57 Å². The molecule has 1 aromatic rings. The molecule has 1 atom stereocenters. The van der Waals surface area contributed by atoms with Crippen molar-refractivity contribution in [1.29, 1.82) is 0 Å². The third-order valence-corrected chi connectivity index (χ3v) is 2.89. The van der Waals surface area contributed by atoms with Crippen molar-refractivity contribution in [3.8, 4) is 0 Å². The minimum absolute atomic E-state index is 0.393. The molecule has 2 heteroatoms. The highest BCUT2D eigenvalue weighted by Gasteiger charge is 2.08. The maximum atomic E-state index is 3.94. The minimum Gasteiger partial charge on any atom is -0.313 e. The third kappa shape index (κ3) is 3.42. The fourth-order valence-electron chi connectivity index (χ4n) is 1.43. The van der Waals surface area contributed by atoms with E-state index < -0.39 is 0 Å². The molecule has 0 amide bonds. The molecule has 0 saturated heterocycles. The molecule has 0 spiro atoms. The molecule has 0 radical (unpaired) electrons. The molecule has 0 aliphatic carbocycles. The summed E-state index contributed by atoms with van der Waals surface area (Å²) in [6.45, 7) is 6.01. The zero-order valence-electron chi connectivity index (χ0n) is 8.68. The molecular formula is C12H16IN. The largest absolute Gasteiger partial charge is 0.313 e. The molecule has 0 aliphatic heterocycles. The Morgan fingerprint density at radius 1 is 1.43 bits per heavy atom. The smallest absolute Gasteiger partial charge is 0.0354 e. The monoisotopic (exact) mass is 301 g/mol. The molecule has 1 N–H and O–H groups in total. The first-order valence-corrected chi connectivity index (χ1v) is 5.78. The van der Waals surface area contributed by atoms with E-state index >= 15 is 0 Å². The van der Waals surface area contributed by atoms with Gasteiger partial charge < -0.3 is 5.32 Å². The van der Waals surface area contributed by atoms with Crippen LogP contribution >= 0.6 is 22.6 Å². The molecular weight excluding hydrogens is 285 g/mol. The predicted octanol–water partition coefficient (Wildman–Crippen LogP) is 3.52. The van der Waals surface area contributed by atoms with Crippen LogP contribution in [-0.2, 0) is 0 Å². The van der Waals surface area contributed by atoms with E-state index in [2.05, 4.69) is 65.7 Å². The van der Waals surface area contributed by atoms with Crippen molar-refractivity contribution in [2.24, 2.45) is 0 Å². The highest BCUT2D eigenvalue weighted by atomic mass is 127. The molecule has 1 unspecified atom stereocenters. The van der Waals surface area contributed by atoms with E-state index in [0.717, 1.165) is 6.42 Å². The quantitative estimate of drug-likeness (QED) is 0.663. The van der Waals surface area contributed by atoms with Gasteiger partial charge in [-0.1, -0.05) is 17.7 Å². The zero-order valence-corrected chi connectivity index (χ0v) is 10.8. The first-order valence-electron chi connectivity index (χ1n) is 4.70. The number of hydrogen-bond donors (Lipinski definition) is 1. The molecule has 0 bridgehead atoms. The van der Waals surface area contributed by atoms with Crippen LogP contribution < -0.4 is 5.32 Å². The van der Waals surface area contributed by atoms with Gasteiger partial charge in [-0.2, -0.15) is 0 Å². The summed E-state index contributed by atoms with van der Waals surface area (Å²) in [5.41, 5.74) is 2.54. The van der Waals surface area contributed by atoms with Gasteiger partial charge in [0.1, 0.15) is 0 Å². The first kappa shape index (κ1) is 11.7. The summed E-state index contributed by atoms with van der Waals surface area (Å²) in [6.07, 6.45) is 0.997. The van der Waals surface area contributed by atoms with Gasteiger partial charge >= 0.3 is 0 Å². The summed E-state index contributed by atoms with van der Waals surface area (Å²) in [6, 6.07) is 9.01. The van der Waals surface area contributed by atoms with E-state index in [1.165, 1.54) is 14.7 Å². The topological polar surface area (TPSA) is 12.0 Å². The molecule has 0 fully saturated rings. The SMILES string of the molecule is C=C(C)CC(NC)c1ccc(I)cc1. The number of nitrogens with one attached hydrogen (secondary N) is 1. The second kappa shape index (κ2) is 5.51. The second-order valence-corrected chi connectivity index (χ2v) is 4.80. The van der Waals surface area contributed by atoms with E-state index in [4.69, 9.17) is 0 Å². The van der Waals surface area contributed by atoms with Gasteiger partial charge in [-0.15, -0.1) is 6.58 Å². The highest BCUT2D eigenvalue weighted by molar-refractivity contribution is 14.1. The van der Waals surface area contributed by atoms with Gasteiger partial charge in [0, 0.05) is 9.61 Å². The Bertz CT molecular complexity index is 303. The van der Waals surface area contributed by atoms with Crippen LogP contribution in [0.15, 0.2) is 36.4 Å². The fourth-order valence-corrected chi connectivity index (χ4v) is 1.79. The Kier molecular flexibility index (Phi) is 4.62. The van der Waals surface area contributed by atoms with Crippen molar-refractivity contribution in [1.82, 2.24) is 5.32 Å². The van der Waals surface area contributed by atoms with E-state index in [0.29, 0.717) is 6.04 Å². The minimum atomic E-state index is 0.393. The van der Waals surface area contributed by atoms with Crippen LogP contribution in [0.1, 0.15) is 24.9 Å². The van der Waals surface area contributed by atoms with Crippen molar-refractivity contribution < 1.29 is 0 Å². The van der Waals surface area contributed by atoms with Crippen LogP contribution in [0.3, 0.4) is 0 Å². The maximum absolute atomic E-state index is 3.94. The molecule has 0 heterocycles. The Labute approximate surface area is 99.7 Å². The van der Waals surface area contributed by atoms with Gasteiger partial charge in [0.05, 0.1) is 0 Å². The molecule has 0 aliphatic rings. The summed E-state index contributed by atoms with van der Waals surface area (Å²) >= 11 is 2.32. The number of benzene rings is 1. The Balaban J connectivity index is 2.78. The van der Waals surface area contributed by atoms with Crippen molar-refractivity contribution >= 4 is 22.6 Å². The maximum Gasteiger partial charge on any atom is 0.0354 e. The van der Waals surface area contributed by atoms with Crippen molar-refractivity contribution in [2.75, 3.05) is 7.05 Å². The lowest BCUT2D eigenvalue weighted by atomic mass is 10.0. The summed E-state index contributed by atoms with van der Waals surface area (Å²) in [5.74, 6) is 0. The first-order chi connectivity index (χ1) is 6.63. The second-order valence-electron chi connectivity index (χ2n) is 3.55. The summed E-state index contributed by atoms with van der Waals surface area (Å²) in [4.78, 5) is 0. The van der Waals surface area contributed by atoms with Gasteiger partial charge in [0.25, 0.3) is 0 Å². The van der Waals surface area contributed by atoms with Crippen LogP contribution in [0.25, 0.3) is 0 Å². The van der Waals surface area contributed by atoms with Crippen LogP contribution in [-0.4, -0.2) is 7.05 Å². The Morgan fingerprint density at radius 2 is 2.00 bits per heavy atom. The molecule has 1 nitrogen and oxygen atoms in total. The van der Waals surface area contributed by atoms with Gasteiger partial charge in [-0.3, -0.25) is 0 Å². The van der Waals surface area contributed by atoms with E-state index in [1.807, 2.05) is 7.05 Å².